The number of carbonyl (C=O) groups excluding carboxylic acids is 2. The molecule has 0 aliphatic heterocycles. The highest BCUT2D eigenvalue weighted by atomic mass is 16.5. The van der Waals surface area contributed by atoms with Gasteiger partial charge in [-0.25, -0.2) is 0 Å². The van der Waals surface area contributed by atoms with Crippen LogP contribution in [-0.4, -0.2) is 24.5 Å². The van der Waals surface area contributed by atoms with E-state index in [9.17, 15) is 9.59 Å². The average molecular weight is 366 g/mol. The highest BCUT2D eigenvalue weighted by molar-refractivity contribution is 5.96. The van der Waals surface area contributed by atoms with Gasteiger partial charge in [-0.2, -0.15) is 0 Å². The average Bonchev–Trinajstić information content (AvgIpc) is 2.68. The molecule has 0 aromatic heterocycles. The number of benzene rings is 2. The maximum atomic E-state index is 12.3. The summed E-state index contributed by atoms with van der Waals surface area (Å²) in [7, 11) is 0. The van der Waals surface area contributed by atoms with Gasteiger partial charge in [0.2, 0.25) is 0 Å². The number of nitrogens with one attached hydrogen (secondary N) is 2. The Labute approximate surface area is 160 Å². The van der Waals surface area contributed by atoms with E-state index in [1.807, 2.05) is 31.2 Å². The number of aryl methyl sites for hydroxylation is 1. The summed E-state index contributed by atoms with van der Waals surface area (Å²) in [4.78, 5) is 24.4. The second-order valence-electron chi connectivity index (χ2n) is 7.04. The summed E-state index contributed by atoms with van der Waals surface area (Å²) in [6.07, 6.45) is 5.73. The number of amides is 2. The third-order valence-electron chi connectivity index (χ3n) is 4.73. The summed E-state index contributed by atoms with van der Waals surface area (Å²) in [6, 6.07) is 14.8. The molecule has 5 nitrogen and oxygen atoms in total. The smallest absolute Gasteiger partial charge is 0.262 e. The van der Waals surface area contributed by atoms with Gasteiger partial charge in [-0.1, -0.05) is 31.4 Å². The van der Waals surface area contributed by atoms with Crippen LogP contribution in [0, 0.1) is 6.92 Å². The Kier molecular flexibility index (Phi) is 6.47. The van der Waals surface area contributed by atoms with Gasteiger partial charge in [0.05, 0.1) is 0 Å². The molecule has 27 heavy (non-hydrogen) atoms. The molecule has 5 heteroatoms. The lowest BCUT2D eigenvalue weighted by molar-refractivity contribution is -0.118. The van der Waals surface area contributed by atoms with Crippen LogP contribution >= 0.6 is 0 Å². The molecule has 0 saturated heterocycles. The van der Waals surface area contributed by atoms with Crippen LogP contribution in [0.4, 0.5) is 5.69 Å². The molecule has 0 heterocycles. The largest absolute Gasteiger partial charge is 0.484 e. The molecule has 1 aliphatic rings. The molecule has 1 aliphatic carbocycles. The highest BCUT2D eigenvalue weighted by Crippen LogP contribution is 2.18. The van der Waals surface area contributed by atoms with Gasteiger partial charge in [-0.3, -0.25) is 9.59 Å². The molecular weight excluding hydrogens is 340 g/mol. The van der Waals surface area contributed by atoms with Crippen molar-refractivity contribution in [3.8, 4) is 5.75 Å². The van der Waals surface area contributed by atoms with Crippen molar-refractivity contribution >= 4 is 17.5 Å². The number of hydrogen-bond donors (Lipinski definition) is 2. The molecule has 0 radical (unpaired) electrons. The molecule has 0 unspecified atom stereocenters. The molecule has 1 fully saturated rings. The predicted molar refractivity (Wildman–Crippen MR) is 106 cm³/mol. The minimum atomic E-state index is -0.240. The molecule has 0 spiro atoms. The predicted octanol–water partition coefficient (Wildman–Crippen LogP) is 4.08. The van der Waals surface area contributed by atoms with E-state index in [4.69, 9.17) is 4.74 Å². The maximum Gasteiger partial charge on any atom is 0.262 e. The van der Waals surface area contributed by atoms with Crippen LogP contribution in [-0.2, 0) is 4.79 Å². The van der Waals surface area contributed by atoms with Gasteiger partial charge in [0.25, 0.3) is 11.8 Å². The number of rotatable bonds is 6. The van der Waals surface area contributed by atoms with Crippen LogP contribution in [0.2, 0.25) is 0 Å². The van der Waals surface area contributed by atoms with E-state index < -0.39 is 0 Å². The van der Waals surface area contributed by atoms with Gasteiger partial charge in [-0.15, -0.1) is 0 Å². The monoisotopic (exact) mass is 366 g/mol. The molecule has 0 bridgehead atoms. The number of anilines is 1. The van der Waals surface area contributed by atoms with Crippen molar-refractivity contribution < 1.29 is 14.3 Å². The fraction of sp³-hybridized carbons (Fsp3) is 0.364. The molecule has 2 aromatic rings. The van der Waals surface area contributed by atoms with E-state index in [0.29, 0.717) is 17.0 Å². The third kappa shape index (κ3) is 5.84. The van der Waals surface area contributed by atoms with Gasteiger partial charge >= 0.3 is 0 Å². The molecular formula is C22H26N2O3. The van der Waals surface area contributed by atoms with Crippen LogP contribution < -0.4 is 15.4 Å². The first kappa shape index (κ1) is 19.0. The Hall–Kier alpha value is -2.82. The van der Waals surface area contributed by atoms with Crippen molar-refractivity contribution in [1.82, 2.24) is 5.32 Å². The van der Waals surface area contributed by atoms with E-state index in [1.165, 1.54) is 19.3 Å². The Bertz CT molecular complexity index is 780. The van der Waals surface area contributed by atoms with Crippen molar-refractivity contribution in [3.63, 3.8) is 0 Å². The molecule has 1 saturated carbocycles. The summed E-state index contributed by atoms with van der Waals surface area (Å²) in [5.41, 5.74) is 2.33. The van der Waals surface area contributed by atoms with Gasteiger partial charge in [-0.05, 0) is 61.7 Å². The van der Waals surface area contributed by atoms with E-state index in [-0.39, 0.29) is 24.5 Å². The van der Waals surface area contributed by atoms with Crippen LogP contribution in [0.25, 0.3) is 0 Å². The molecule has 2 amide bonds. The van der Waals surface area contributed by atoms with Gasteiger partial charge < -0.3 is 15.4 Å². The zero-order chi connectivity index (χ0) is 19.1. The highest BCUT2D eigenvalue weighted by Gasteiger charge is 2.16. The molecule has 3 rings (SSSR count). The topological polar surface area (TPSA) is 67.4 Å². The van der Waals surface area contributed by atoms with E-state index in [0.717, 1.165) is 18.4 Å². The Morgan fingerprint density at radius 2 is 1.78 bits per heavy atom. The fourth-order valence-corrected chi connectivity index (χ4v) is 3.27. The molecule has 2 N–H and O–H groups in total. The van der Waals surface area contributed by atoms with Crippen LogP contribution in [0.1, 0.15) is 48.0 Å². The number of ether oxygens (including phenoxy) is 1. The minimum Gasteiger partial charge on any atom is -0.484 e. The van der Waals surface area contributed by atoms with Gasteiger partial charge in [0.1, 0.15) is 5.75 Å². The number of hydrogen-bond acceptors (Lipinski definition) is 3. The second-order valence-corrected chi connectivity index (χ2v) is 7.04. The minimum absolute atomic E-state index is 0.0532. The summed E-state index contributed by atoms with van der Waals surface area (Å²) in [6.45, 7) is 1.91. The summed E-state index contributed by atoms with van der Waals surface area (Å²) in [5.74, 6) is 0.373. The molecule has 142 valence electrons. The van der Waals surface area contributed by atoms with Crippen molar-refractivity contribution in [1.29, 1.82) is 0 Å². The second kappa shape index (κ2) is 9.21. The maximum absolute atomic E-state index is 12.3. The van der Waals surface area contributed by atoms with Gasteiger partial charge in [0, 0.05) is 17.3 Å². The van der Waals surface area contributed by atoms with Crippen molar-refractivity contribution in [3.05, 3.63) is 59.7 Å². The summed E-state index contributed by atoms with van der Waals surface area (Å²) in [5, 5.41) is 5.87. The number of carbonyl (C=O) groups is 2. The normalized spacial score (nSPS) is 14.4. The zero-order valence-electron chi connectivity index (χ0n) is 15.7. The third-order valence-corrected chi connectivity index (χ3v) is 4.73. The summed E-state index contributed by atoms with van der Waals surface area (Å²) < 4.78 is 5.49. The first-order valence-corrected chi connectivity index (χ1v) is 9.50. The Morgan fingerprint density at radius 3 is 2.48 bits per heavy atom. The quantitative estimate of drug-likeness (QED) is 0.810. The zero-order valence-corrected chi connectivity index (χ0v) is 15.7. The van der Waals surface area contributed by atoms with Crippen molar-refractivity contribution in [2.75, 3.05) is 11.9 Å². The summed E-state index contributed by atoms with van der Waals surface area (Å²) >= 11 is 0. The van der Waals surface area contributed by atoms with E-state index >= 15 is 0 Å². The van der Waals surface area contributed by atoms with Crippen LogP contribution in [0.15, 0.2) is 48.5 Å². The van der Waals surface area contributed by atoms with Crippen molar-refractivity contribution in [2.45, 2.75) is 45.1 Å². The van der Waals surface area contributed by atoms with E-state index in [1.54, 1.807) is 24.3 Å². The lowest BCUT2D eigenvalue weighted by Gasteiger charge is -2.22. The van der Waals surface area contributed by atoms with E-state index in [2.05, 4.69) is 10.6 Å². The van der Waals surface area contributed by atoms with Crippen molar-refractivity contribution in [2.24, 2.45) is 0 Å². The molecule has 2 aromatic carbocycles. The standard InChI is InChI=1S/C22H26N2O3/c1-16-6-5-9-20(14-16)27-15-21(25)23-19-12-10-17(11-13-19)22(26)24-18-7-3-2-4-8-18/h5-6,9-14,18H,2-4,7-8,15H2,1H3,(H,23,25)(H,24,26). The van der Waals surface area contributed by atoms with Crippen LogP contribution in [0.5, 0.6) is 5.75 Å². The Balaban J connectivity index is 1.47. The lowest BCUT2D eigenvalue weighted by atomic mass is 9.95. The molecule has 0 atom stereocenters. The Morgan fingerprint density at radius 1 is 1.04 bits per heavy atom. The lowest BCUT2D eigenvalue weighted by Crippen LogP contribution is -2.36. The van der Waals surface area contributed by atoms with Crippen LogP contribution in [0.3, 0.4) is 0 Å². The van der Waals surface area contributed by atoms with Gasteiger partial charge in [0.15, 0.2) is 6.61 Å². The SMILES string of the molecule is Cc1cccc(OCC(=O)Nc2ccc(C(=O)NC3CCCCC3)cc2)c1. The first-order chi connectivity index (χ1) is 13.1. The first-order valence-electron chi connectivity index (χ1n) is 9.50. The fourth-order valence-electron chi connectivity index (χ4n) is 3.27.